The molecule has 1 N–H and O–H groups in total. The van der Waals surface area contributed by atoms with Gasteiger partial charge in [0.1, 0.15) is 6.54 Å². The zero-order valence-corrected chi connectivity index (χ0v) is 11.0. The number of rotatable bonds is 2. The van der Waals surface area contributed by atoms with Gasteiger partial charge in [0.2, 0.25) is 5.91 Å². The lowest BCUT2D eigenvalue weighted by Crippen LogP contribution is -2.53. The zero-order chi connectivity index (χ0) is 13.2. The molecule has 1 atom stereocenters. The van der Waals surface area contributed by atoms with Gasteiger partial charge < -0.3 is 10.2 Å². The third-order valence-electron chi connectivity index (χ3n) is 3.66. The Bertz CT molecular complexity index is 592. The Morgan fingerprint density at radius 2 is 2.32 bits per heavy atom. The number of carbonyl (C=O) groups is 1. The fraction of sp³-hybridized carbons (Fsp3) is 0.429. The standard InChI is InChI=1S/C14H18N4O/c1-11-8-15-6-7-17(11)14(19)10-18-13-5-3-2-4-12(13)9-16-18/h2-5,9,11,15H,6-8,10H2,1H3/t11-/m1/s1. The van der Waals surface area contributed by atoms with Crippen LogP contribution in [-0.2, 0) is 11.3 Å². The third kappa shape index (κ3) is 2.33. The average molecular weight is 258 g/mol. The second-order valence-electron chi connectivity index (χ2n) is 5.00. The molecule has 5 heteroatoms. The fourth-order valence-corrected chi connectivity index (χ4v) is 2.58. The Balaban J connectivity index is 1.79. The molecular weight excluding hydrogens is 240 g/mol. The minimum Gasteiger partial charge on any atom is -0.336 e. The van der Waals surface area contributed by atoms with Crippen molar-refractivity contribution < 1.29 is 4.79 Å². The normalized spacial score (nSPS) is 19.8. The maximum absolute atomic E-state index is 12.4. The highest BCUT2D eigenvalue weighted by molar-refractivity contribution is 5.82. The van der Waals surface area contributed by atoms with Crippen molar-refractivity contribution in [2.24, 2.45) is 0 Å². The number of nitrogens with zero attached hydrogens (tertiary/aromatic N) is 3. The van der Waals surface area contributed by atoms with Crippen molar-refractivity contribution in [2.75, 3.05) is 19.6 Å². The molecule has 1 aliphatic heterocycles. The van der Waals surface area contributed by atoms with E-state index in [2.05, 4.69) is 17.3 Å². The first-order valence-corrected chi connectivity index (χ1v) is 6.66. The highest BCUT2D eigenvalue weighted by Gasteiger charge is 2.23. The van der Waals surface area contributed by atoms with Crippen molar-refractivity contribution in [3.63, 3.8) is 0 Å². The van der Waals surface area contributed by atoms with E-state index in [0.29, 0.717) is 6.54 Å². The number of fused-ring (bicyclic) bond motifs is 1. The van der Waals surface area contributed by atoms with Crippen LogP contribution >= 0.6 is 0 Å². The van der Waals surface area contributed by atoms with E-state index in [1.54, 1.807) is 4.68 Å². The van der Waals surface area contributed by atoms with Crippen LogP contribution in [0.5, 0.6) is 0 Å². The molecular formula is C14H18N4O. The SMILES string of the molecule is C[C@@H]1CNCCN1C(=O)Cn1ncc2ccccc21. The fourth-order valence-electron chi connectivity index (χ4n) is 2.58. The van der Waals surface area contributed by atoms with Crippen molar-refractivity contribution in [3.8, 4) is 0 Å². The third-order valence-corrected chi connectivity index (χ3v) is 3.66. The molecule has 2 aromatic rings. The highest BCUT2D eigenvalue weighted by atomic mass is 16.2. The van der Waals surface area contributed by atoms with Gasteiger partial charge in [-0.15, -0.1) is 0 Å². The van der Waals surface area contributed by atoms with Crippen LogP contribution in [0.25, 0.3) is 10.9 Å². The van der Waals surface area contributed by atoms with Crippen LogP contribution in [0.2, 0.25) is 0 Å². The van der Waals surface area contributed by atoms with Gasteiger partial charge in [-0.25, -0.2) is 0 Å². The average Bonchev–Trinajstić information content (AvgIpc) is 2.83. The number of benzene rings is 1. The topological polar surface area (TPSA) is 50.2 Å². The minimum absolute atomic E-state index is 0.142. The summed E-state index contributed by atoms with van der Waals surface area (Å²) in [5, 5.41) is 8.67. The molecule has 5 nitrogen and oxygen atoms in total. The second-order valence-corrected chi connectivity index (χ2v) is 5.00. The second kappa shape index (κ2) is 5.01. The molecule has 0 bridgehead atoms. The predicted molar refractivity (Wildman–Crippen MR) is 73.8 cm³/mol. The first kappa shape index (κ1) is 12.2. The lowest BCUT2D eigenvalue weighted by molar-refractivity contribution is -0.134. The van der Waals surface area contributed by atoms with Gasteiger partial charge in [-0.05, 0) is 13.0 Å². The molecule has 19 heavy (non-hydrogen) atoms. The molecule has 1 aliphatic rings. The first-order chi connectivity index (χ1) is 9.25. The summed E-state index contributed by atoms with van der Waals surface area (Å²) in [7, 11) is 0. The number of hydrogen-bond acceptors (Lipinski definition) is 3. The lowest BCUT2D eigenvalue weighted by atomic mass is 10.2. The van der Waals surface area contributed by atoms with Gasteiger partial charge in [0.15, 0.2) is 0 Å². The number of amides is 1. The Kier molecular flexibility index (Phi) is 3.21. The molecule has 100 valence electrons. The number of nitrogens with one attached hydrogen (secondary N) is 1. The molecule has 0 saturated carbocycles. The number of carbonyl (C=O) groups excluding carboxylic acids is 1. The molecule has 1 aromatic heterocycles. The molecule has 1 aromatic carbocycles. The van der Waals surface area contributed by atoms with Crippen LogP contribution in [0.1, 0.15) is 6.92 Å². The van der Waals surface area contributed by atoms with Gasteiger partial charge >= 0.3 is 0 Å². The van der Waals surface area contributed by atoms with Gasteiger partial charge in [0, 0.05) is 31.1 Å². The summed E-state index contributed by atoms with van der Waals surface area (Å²) < 4.78 is 1.78. The minimum atomic E-state index is 0.142. The summed E-state index contributed by atoms with van der Waals surface area (Å²) in [5.41, 5.74) is 1.01. The van der Waals surface area contributed by atoms with Crippen LogP contribution in [0.4, 0.5) is 0 Å². The number of aromatic nitrogens is 2. The van der Waals surface area contributed by atoms with Crippen molar-refractivity contribution in [1.29, 1.82) is 0 Å². The van der Waals surface area contributed by atoms with Crippen LogP contribution in [-0.4, -0.2) is 46.3 Å². The van der Waals surface area contributed by atoms with E-state index in [0.717, 1.165) is 30.5 Å². The largest absolute Gasteiger partial charge is 0.336 e. The summed E-state index contributed by atoms with van der Waals surface area (Å²) in [6.45, 7) is 4.91. The quantitative estimate of drug-likeness (QED) is 0.869. The monoisotopic (exact) mass is 258 g/mol. The lowest BCUT2D eigenvalue weighted by Gasteiger charge is -2.34. The van der Waals surface area contributed by atoms with E-state index in [-0.39, 0.29) is 11.9 Å². The maximum Gasteiger partial charge on any atom is 0.244 e. The van der Waals surface area contributed by atoms with E-state index in [1.807, 2.05) is 35.4 Å². The van der Waals surface area contributed by atoms with Crippen molar-refractivity contribution in [2.45, 2.75) is 19.5 Å². The van der Waals surface area contributed by atoms with Crippen molar-refractivity contribution in [3.05, 3.63) is 30.5 Å². The molecule has 0 aliphatic carbocycles. The zero-order valence-electron chi connectivity index (χ0n) is 11.0. The molecule has 2 heterocycles. The molecule has 1 saturated heterocycles. The summed E-state index contributed by atoms with van der Waals surface area (Å²) in [5.74, 6) is 0.142. The highest BCUT2D eigenvalue weighted by Crippen LogP contribution is 2.13. The number of para-hydroxylation sites is 1. The summed E-state index contributed by atoms with van der Waals surface area (Å²) in [4.78, 5) is 14.3. The van der Waals surface area contributed by atoms with Gasteiger partial charge in [0.25, 0.3) is 0 Å². The summed E-state index contributed by atoms with van der Waals surface area (Å²) in [6, 6.07) is 8.21. The Morgan fingerprint density at radius 3 is 3.16 bits per heavy atom. The summed E-state index contributed by atoms with van der Waals surface area (Å²) in [6.07, 6.45) is 1.81. The van der Waals surface area contributed by atoms with Crippen molar-refractivity contribution in [1.82, 2.24) is 20.0 Å². The van der Waals surface area contributed by atoms with Gasteiger partial charge in [0.05, 0.1) is 11.7 Å². The van der Waals surface area contributed by atoms with E-state index in [1.165, 1.54) is 0 Å². The first-order valence-electron chi connectivity index (χ1n) is 6.66. The molecule has 1 amide bonds. The molecule has 0 unspecified atom stereocenters. The van der Waals surface area contributed by atoms with Crippen LogP contribution < -0.4 is 5.32 Å². The van der Waals surface area contributed by atoms with Crippen LogP contribution in [0, 0.1) is 0 Å². The number of piperazine rings is 1. The Hall–Kier alpha value is -1.88. The molecule has 3 rings (SSSR count). The van der Waals surface area contributed by atoms with E-state index >= 15 is 0 Å². The Morgan fingerprint density at radius 1 is 1.47 bits per heavy atom. The molecule has 0 radical (unpaired) electrons. The van der Waals surface area contributed by atoms with E-state index in [9.17, 15) is 4.79 Å². The van der Waals surface area contributed by atoms with Crippen molar-refractivity contribution >= 4 is 16.8 Å². The maximum atomic E-state index is 12.4. The smallest absolute Gasteiger partial charge is 0.244 e. The van der Waals surface area contributed by atoms with Crippen LogP contribution in [0.15, 0.2) is 30.5 Å². The predicted octanol–water partition coefficient (Wildman–Crippen LogP) is 0.857. The van der Waals surface area contributed by atoms with Gasteiger partial charge in [-0.3, -0.25) is 9.48 Å². The van der Waals surface area contributed by atoms with Gasteiger partial charge in [-0.2, -0.15) is 5.10 Å². The van der Waals surface area contributed by atoms with Gasteiger partial charge in [-0.1, -0.05) is 18.2 Å². The Labute approximate surface area is 112 Å². The van der Waals surface area contributed by atoms with Crippen LogP contribution in [0.3, 0.4) is 0 Å². The van der Waals surface area contributed by atoms with E-state index < -0.39 is 0 Å². The molecule has 1 fully saturated rings. The summed E-state index contributed by atoms with van der Waals surface area (Å²) >= 11 is 0. The van der Waals surface area contributed by atoms with E-state index in [4.69, 9.17) is 0 Å². The molecule has 0 spiro atoms. The number of hydrogen-bond donors (Lipinski definition) is 1.